The molecular formula is C19H19N3O2. The summed E-state index contributed by atoms with van der Waals surface area (Å²) in [5.74, 6) is -0.0750. The van der Waals surface area contributed by atoms with Crippen LogP contribution in [0, 0.1) is 0 Å². The quantitative estimate of drug-likeness (QED) is 0.921. The molecule has 0 radical (unpaired) electrons. The van der Waals surface area contributed by atoms with Crippen LogP contribution in [-0.4, -0.2) is 36.3 Å². The van der Waals surface area contributed by atoms with Crippen LogP contribution in [0.2, 0.25) is 0 Å². The predicted octanol–water partition coefficient (Wildman–Crippen LogP) is 2.03. The van der Waals surface area contributed by atoms with Gasteiger partial charge in [0.25, 0.3) is 0 Å². The van der Waals surface area contributed by atoms with E-state index in [1.54, 1.807) is 4.90 Å². The van der Waals surface area contributed by atoms with Crippen molar-refractivity contribution in [2.45, 2.75) is 13.0 Å². The molecule has 2 aromatic rings. The van der Waals surface area contributed by atoms with Crippen molar-refractivity contribution in [2.24, 2.45) is 0 Å². The topological polar surface area (TPSA) is 52.7 Å². The maximum absolute atomic E-state index is 12.7. The highest BCUT2D eigenvalue weighted by Crippen LogP contribution is 2.29. The van der Waals surface area contributed by atoms with Gasteiger partial charge in [-0.1, -0.05) is 36.4 Å². The first-order valence-corrected chi connectivity index (χ1v) is 8.20. The summed E-state index contributed by atoms with van der Waals surface area (Å²) >= 11 is 0. The fourth-order valence-electron chi connectivity index (χ4n) is 3.38. The Morgan fingerprint density at radius 2 is 1.79 bits per heavy atom. The molecule has 122 valence electrons. The largest absolute Gasteiger partial charge is 0.374 e. The van der Waals surface area contributed by atoms with Gasteiger partial charge in [0.1, 0.15) is 6.54 Å². The zero-order chi connectivity index (χ0) is 16.5. The number of carbonyl (C=O) groups is 2. The molecule has 1 N–H and O–H groups in total. The van der Waals surface area contributed by atoms with Crippen molar-refractivity contribution in [2.75, 3.05) is 29.9 Å². The second kappa shape index (κ2) is 6.00. The minimum absolute atomic E-state index is 0.00504. The van der Waals surface area contributed by atoms with Crippen LogP contribution in [-0.2, 0) is 22.6 Å². The maximum atomic E-state index is 12.7. The van der Waals surface area contributed by atoms with Gasteiger partial charge in [0.05, 0.1) is 17.9 Å². The van der Waals surface area contributed by atoms with Crippen LogP contribution in [0.3, 0.4) is 0 Å². The van der Waals surface area contributed by atoms with Gasteiger partial charge in [0, 0.05) is 13.1 Å². The van der Waals surface area contributed by atoms with Gasteiger partial charge in [-0.15, -0.1) is 0 Å². The van der Waals surface area contributed by atoms with Crippen LogP contribution in [0.4, 0.5) is 11.4 Å². The Labute approximate surface area is 140 Å². The summed E-state index contributed by atoms with van der Waals surface area (Å²) in [5, 5.41) is 3.09. The zero-order valence-electron chi connectivity index (χ0n) is 13.4. The smallest absolute Gasteiger partial charge is 0.246 e. The lowest BCUT2D eigenvalue weighted by Crippen LogP contribution is -2.48. The van der Waals surface area contributed by atoms with Crippen LogP contribution in [0.15, 0.2) is 48.5 Å². The Bertz CT molecular complexity index is 803. The molecule has 2 aromatic carbocycles. The lowest BCUT2D eigenvalue weighted by molar-refractivity contribution is -0.132. The molecule has 0 fully saturated rings. The van der Waals surface area contributed by atoms with Crippen molar-refractivity contribution in [3.05, 3.63) is 59.7 Å². The number of fused-ring (bicyclic) bond motifs is 2. The molecule has 0 atom stereocenters. The Kier molecular flexibility index (Phi) is 3.69. The summed E-state index contributed by atoms with van der Waals surface area (Å²) in [5.41, 5.74) is 4.18. The highest BCUT2D eigenvalue weighted by atomic mass is 16.2. The molecule has 0 aliphatic carbocycles. The normalized spacial score (nSPS) is 16.2. The summed E-state index contributed by atoms with van der Waals surface area (Å²) in [6, 6.07) is 15.8. The van der Waals surface area contributed by atoms with Crippen molar-refractivity contribution >= 4 is 23.2 Å². The predicted molar refractivity (Wildman–Crippen MR) is 92.8 cm³/mol. The summed E-state index contributed by atoms with van der Waals surface area (Å²) in [6.07, 6.45) is 0.869. The average molecular weight is 321 g/mol. The minimum Gasteiger partial charge on any atom is -0.374 e. The summed E-state index contributed by atoms with van der Waals surface area (Å²) in [6.45, 7) is 1.65. The third-order valence-corrected chi connectivity index (χ3v) is 4.70. The van der Waals surface area contributed by atoms with Gasteiger partial charge in [-0.05, 0) is 29.7 Å². The fraction of sp³-hybridized carbons (Fsp3) is 0.263. The average Bonchev–Trinajstić information content (AvgIpc) is 2.63. The molecule has 2 aliphatic rings. The van der Waals surface area contributed by atoms with Crippen molar-refractivity contribution in [3.63, 3.8) is 0 Å². The second-order valence-electron chi connectivity index (χ2n) is 6.18. The molecule has 0 aromatic heterocycles. The molecule has 0 saturated heterocycles. The van der Waals surface area contributed by atoms with Crippen molar-refractivity contribution < 1.29 is 9.59 Å². The van der Waals surface area contributed by atoms with Gasteiger partial charge in [-0.2, -0.15) is 0 Å². The number of nitrogens with one attached hydrogen (secondary N) is 1. The van der Waals surface area contributed by atoms with Crippen LogP contribution in [0.5, 0.6) is 0 Å². The van der Waals surface area contributed by atoms with E-state index in [0.29, 0.717) is 13.1 Å². The second-order valence-corrected chi connectivity index (χ2v) is 6.18. The first-order valence-electron chi connectivity index (χ1n) is 8.20. The third kappa shape index (κ3) is 2.62. The molecule has 24 heavy (non-hydrogen) atoms. The molecule has 5 nitrogen and oxygen atoms in total. The molecular weight excluding hydrogens is 302 g/mol. The number of rotatable bonds is 2. The fourth-order valence-corrected chi connectivity index (χ4v) is 3.38. The number of benzene rings is 2. The van der Waals surface area contributed by atoms with Gasteiger partial charge in [0.15, 0.2) is 0 Å². The number of carbonyl (C=O) groups excluding carboxylic acids is 2. The molecule has 2 heterocycles. The summed E-state index contributed by atoms with van der Waals surface area (Å²) in [4.78, 5) is 28.4. The van der Waals surface area contributed by atoms with E-state index < -0.39 is 0 Å². The van der Waals surface area contributed by atoms with Crippen LogP contribution >= 0.6 is 0 Å². The van der Waals surface area contributed by atoms with Gasteiger partial charge in [0.2, 0.25) is 11.8 Å². The Hall–Kier alpha value is -2.82. The van der Waals surface area contributed by atoms with Crippen molar-refractivity contribution in [1.29, 1.82) is 0 Å². The number of nitrogens with zero attached hydrogens (tertiary/aromatic N) is 2. The van der Waals surface area contributed by atoms with E-state index in [1.165, 1.54) is 11.1 Å². The van der Waals surface area contributed by atoms with Crippen molar-refractivity contribution in [1.82, 2.24) is 4.90 Å². The Balaban J connectivity index is 1.52. The first-order chi connectivity index (χ1) is 11.7. The van der Waals surface area contributed by atoms with E-state index in [2.05, 4.69) is 17.4 Å². The SMILES string of the molecule is O=C(CN1C(=O)CNc2ccccc21)N1CCc2ccccc2C1. The van der Waals surface area contributed by atoms with Crippen molar-refractivity contribution in [3.8, 4) is 0 Å². The van der Waals surface area contributed by atoms with Crippen LogP contribution in [0.1, 0.15) is 11.1 Å². The lowest BCUT2D eigenvalue weighted by Gasteiger charge is -2.33. The summed E-state index contributed by atoms with van der Waals surface area (Å²) < 4.78 is 0. The number of hydrogen-bond donors (Lipinski definition) is 1. The highest BCUT2D eigenvalue weighted by molar-refractivity contribution is 6.05. The van der Waals surface area contributed by atoms with Gasteiger partial charge >= 0.3 is 0 Å². The minimum atomic E-state index is -0.0699. The molecule has 0 spiro atoms. The van der Waals surface area contributed by atoms with E-state index in [9.17, 15) is 9.59 Å². The third-order valence-electron chi connectivity index (χ3n) is 4.70. The molecule has 5 heteroatoms. The number of anilines is 2. The van der Waals surface area contributed by atoms with E-state index in [1.807, 2.05) is 41.3 Å². The molecule has 2 aliphatic heterocycles. The Morgan fingerprint density at radius 1 is 1.04 bits per heavy atom. The lowest BCUT2D eigenvalue weighted by atomic mass is 10.00. The van der Waals surface area contributed by atoms with Gasteiger partial charge in [-0.25, -0.2) is 0 Å². The number of amides is 2. The first kappa shape index (κ1) is 14.8. The van der Waals surface area contributed by atoms with Gasteiger partial charge < -0.3 is 10.2 Å². The summed E-state index contributed by atoms with van der Waals surface area (Å²) in [7, 11) is 0. The molecule has 4 rings (SSSR count). The Morgan fingerprint density at radius 3 is 2.67 bits per heavy atom. The van der Waals surface area contributed by atoms with Crippen LogP contribution < -0.4 is 10.2 Å². The van der Waals surface area contributed by atoms with E-state index >= 15 is 0 Å². The maximum Gasteiger partial charge on any atom is 0.246 e. The molecule has 0 saturated carbocycles. The monoisotopic (exact) mass is 321 g/mol. The molecule has 0 bridgehead atoms. The molecule has 0 unspecified atom stereocenters. The van der Waals surface area contributed by atoms with Crippen LogP contribution in [0.25, 0.3) is 0 Å². The van der Waals surface area contributed by atoms with E-state index in [4.69, 9.17) is 0 Å². The standard InChI is InChI=1S/C19H19N3O2/c23-18-11-20-16-7-3-4-8-17(16)22(18)13-19(24)21-10-9-14-5-1-2-6-15(14)12-21/h1-8,20H,9-13H2. The molecule has 2 amide bonds. The van der Waals surface area contributed by atoms with E-state index in [0.717, 1.165) is 17.8 Å². The number of hydrogen-bond acceptors (Lipinski definition) is 3. The van der Waals surface area contributed by atoms with Gasteiger partial charge in [-0.3, -0.25) is 14.5 Å². The highest BCUT2D eigenvalue weighted by Gasteiger charge is 2.28. The number of para-hydroxylation sites is 2. The van der Waals surface area contributed by atoms with E-state index in [-0.39, 0.29) is 24.9 Å². The zero-order valence-corrected chi connectivity index (χ0v) is 13.4.